The molecule has 1 rings (SSSR count). The highest BCUT2D eigenvalue weighted by Crippen LogP contribution is 2.08. The van der Waals surface area contributed by atoms with Crippen molar-refractivity contribution in [3.05, 3.63) is 34.5 Å². The Bertz CT molecular complexity index is 372. The van der Waals surface area contributed by atoms with E-state index in [4.69, 9.17) is 9.84 Å². The Morgan fingerprint density at radius 2 is 2.60 bits per heavy atom. The second-order valence-electron chi connectivity index (χ2n) is 2.68. The summed E-state index contributed by atoms with van der Waals surface area (Å²) in [6.45, 7) is 1.69. The SMILES string of the molecule is CC/C=C(\O)OCn1ccnc1[N+](=O)[O-]. The van der Waals surface area contributed by atoms with Crippen LogP contribution in [0.2, 0.25) is 0 Å². The number of ether oxygens (including phenoxy) is 1. The molecule has 1 aromatic heterocycles. The first kappa shape index (κ1) is 11.0. The van der Waals surface area contributed by atoms with Crippen LogP contribution < -0.4 is 0 Å². The van der Waals surface area contributed by atoms with Crippen molar-refractivity contribution in [1.82, 2.24) is 9.55 Å². The fourth-order valence-corrected chi connectivity index (χ4v) is 0.943. The molecule has 0 saturated carbocycles. The van der Waals surface area contributed by atoms with E-state index in [1.165, 1.54) is 23.0 Å². The average Bonchev–Trinajstić information content (AvgIpc) is 2.63. The molecule has 0 atom stereocenters. The number of nitro groups is 1. The molecule has 0 fully saturated rings. The van der Waals surface area contributed by atoms with Crippen LogP contribution in [-0.4, -0.2) is 19.6 Å². The minimum Gasteiger partial charge on any atom is -0.481 e. The van der Waals surface area contributed by atoms with Crippen LogP contribution in [0, 0.1) is 10.1 Å². The van der Waals surface area contributed by atoms with Crippen LogP contribution in [-0.2, 0) is 11.5 Å². The first-order chi connectivity index (χ1) is 7.15. The molecule has 0 aliphatic carbocycles. The van der Waals surface area contributed by atoms with Gasteiger partial charge in [-0.05, 0) is 17.4 Å². The standard InChI is InChI=1S/C8H11N3O4/c1-2-3-7(12)15-6-10-5-4-9-8(10)11(13)14/h3-5,12H,2,6H2,1H3/b7-3+. The predicted molar refractivity (Wildman–Crippen MR) is 51.0 cm³/mol. The minimum absolute atomic E-state index is 0.140. The lowest BCUT2D eigenvalue weighted by Crippen LogP contribution is -2.05. The van der Waals surface area contributed by atoms with Crippen molar-refractivity contribution in [2.75, 3.05) is 0 Å². The summed E-state index contributed by atoms with van der Waals surface area (Å²) in [5, 5.41) is 19.6. The molecule has 7 heteroatoms. The van der Waals surface area contributed by atoms with Crippen molar-refractivity contribution in [3.63, 3.8) is 0 Å². The zero-order valence-electron chi connectivity index (χ0n) is 8.16. The predicted octanol–water partition coefficient (Wildman–Crippen LogP) is 1.57. The average molecular weight is 213 g/mol. The van der Waals surface area contributed by atoms with Gasteiger partial charge in [0.1, 0.15) is 12.4 Å². The van der Waals surface area contributed by atoms with Gasteiger partial charge in [-0.2, -0.15) is 4.57 Å². The molecule has 1 N–H and O–H groups in total. The molecule has 0 aliphatic heterocycles. The van der Waals surface area contributed by atoms with Gasteiger partial charge < -0.3 is 20.0 Å². The molecule has 1 heterocycles. The lowest BCUT2D eigenvalue weighted by molar-refractivity contribution is -0.397. The molecule has 0 unspecified atom stereocenters. The fraction of sp³-hybridized carbons (Fsp3) is 0.375. The summed E-state index contributed by atoms with van der Waals surface area (Å²) in [6, 6.07) is 0. The maximum absolute atomic E-state index is 10.4. The van der Waals surface area contributed by atoms with Gasteiger partial charge in [0.15, 0.2) is 0 Å². The number of allylic oxidation sites excluding steroid dienone is 1. The van der Waals surface area contributed by atoms with Crippen molar-refractivity contribution < 1.29 is 14.8 Å². The number of imidazole rings is 1. The molecule has 82 valence electrons. The Balaban J connectivity index is 2.61. The van der Waals surface area contributed by atoms with Crippen LogP contribution >= 0.6 is 0 Å². The van der Waals surface area contributed by atoms with Crippen molar-refractivity contribution in [1.29, 1.82) is 0 Å². The van der Waals surface area contributed by atoms with E-state index in [2.05, 4.69) is 4.98 Å². The second-order valence-corrected chi connectivity index (χ2v) is 2.68. The molecule has 0 radical (unpaired) electrons. The van der Waals surface area contributed by atoms with Gasteiger partial charge in [-0.1, -0.05) is 11.9 Å². The molecule has 0 amide bonds. The summed E-state index contributed by atoms with van der Waals surface area (Å²) in [6.07, 6.45) is 4.78. The molecule has 1 aromatic rings. The monoisotopic (exact) mass is 213 g/mol. The van der Waals surface area contributed by atoms with E-state index < -0.39 is 4.92 Å². The highest BCUT2D eigenvalue weighted by Gasteiger charge is 2.13. The Morgan fingerprint density at radius 1 is 1.87 bits per heavy atom. The van der Waals surface area contributed by atoms with Gasteiger partial charge in [0.2, 0.25) is 6.73 Å². The van der Waals surface area contributed by atoms with Crippen molar-refractivity contribution in [2.45, 2.75) is 20.1 Å². The lowest BCUT2D eigenvalue weighted by Gasteiger charge is -2.03. The zero-order chi connectivity index (χ0) is 11.3. The molecular weight excluding hydrogens is 202 g/mol. The second kappa shape index (κ2) is 4.99. The Kier molecular flexibility index (Phi) is 3.67. The highest BCUT2D eigenvalue weighted by molar-refractivity contribution is 5.05. The Hall–Kier alpha value is -2.05. The van der Waals surface area contributed by atoms with Crippen LogP contribution in [0.25, 0.3) is 0 Å². The Labute approximate surface area is 85.8 Å². The number of nitrogens with zero attached hydrogens (tertiary/aromatic N) is 3. The largest absolute Gasteiger partial charge is 0.481 e. The number of aromatic nitrogens is 2. The fourth-order valence-electron chi connectivity index (χ4n) is 0.943. The number of hydrogen-bond acceptors (Lipinski definition) is 5. The van der Waals surface area contributed by atoms with Crippen LogP contribution in [0.4, 0.5) is 5.95 Å². The van der Waals surface area contributed by atoms with Gasteiger partial charge in [-0.15, -0.1) is 0 Å². The summed E-state index contributed by atoms with van der Waals surface area (Å²) >= 11 is 0. The van der Waals surface area contributed by atoms with Gasteiger partial charge in [0.25, 0.3) is 5.95 Å². The molecule has 0 spiro atoms. The summed E-state index contributed by atoms with van der Waals surface area (Å²) in [7, 11) is 0. The third-order valence-electron chi connectivity index (χ3n) is 1.59. The first-order valence-corrected chi connectivity index (χ1v) is 4.32. The number of hydrogen-bond donors (Lipinski definition) is 1. The zero-order valence-corrected chi connectivity index (χ0v) is 8.16. The van der Waals surface area contributed by atoms with E-state index >= 15 is 0 Å². The minimum atomic E-state index is -0.621. The maximum atomic E-state index is 10.4. The first-order valence-electron chi connectivity index (χ1n) is 4.32. The molecule has 0 saturated heterocycles. The smallest absolute Gasteiger partial charge is 0.437 e. The van der Waals surface area contributed by atoms with Crippen molar-refractivity contribution in [3.8, 4) is 0 Å². The van der Waals surface area contributed by atoms with Crippen LogP contribution in [0.15, 0.2) is 24.4 Å². The quantitative estimate of drug-likeness (QED) is 0.455. The molecular formula is C8H11N3O4. The van der Waals surface area contributed by atoms with E-state index in [0.29, 0.717) is 6.42 Å². The Morgan fingerprint density at radius 3 is 3.20 bits per heavy atom. The van der Waals surface area contributed by atoms with Gasteiger partial charge in [-0.25, -0.2) is 0 Å². The number of aliphatic hydroxyl groups excluding tert-OH is 1. The summed E-state index contributed by atoms with van der Waals surface area (Å²) < 4.78 is 6.03. The highest BCUT2D eigenvalue weighted by atomic mass is 16.6. The molecule has 7 nitrogen and oxygen atoms in total. The van der Waals surface area contributed by atoms with Gasteiger partial charge in [-0.3, -0.25) is 0 Å². The maximum Gasteiger partial charge on any atom is 0.437 e. The molecule has 0 aliphatic rings. The van der Waals surface area contributed by atoms with E-state index in [9.17, 15) is 10.1 Å². The van der Waals surface area contributed by atoms with Crippen LogP contribution in [0.3, 0.4) is 0 Å². The van der Waals surface area contributed by atoms with Gasteiger partial charge in [0, 0.05) is 0 Å². The molecule has 0 bridgehead atoms. The van der Waals surface area contributed by atoms with Gasteiger partial charge >= 0.3 is 5.95 Å². The van der Waals surface area contributed by atoms with E-state index in [1.54, 1.807) is 0 Å². The van der Waals surface area contributed by atoms with E-state index in [-0.39, 0.29) is 18.6 Å². The summed E-state index contributed by atoms with van der Waals surface area (Å²) in [4.78, 5) is 13.3. The third-order valence-corrected chi connectivity index (χ3v) is 1.59. The third kappa shape index (κ3) is 2.97. The van der Waals surface area contributed by atoms with Crippen molar-refractivity contribution in [2.24, 2.45) is 0 Å². The number of rotatable bonds is 5. The topological polar surface area (TPSA) is 90.4 Å². The lowest BCUT2D eigenvalue weighted by atomic mass is 10.5. The molecule has 15 heavy (non-hydrogen) atoms. The van der Waals surface area contributed by atoms with Crippen LogP contribution in [0.1, 0.15) is 13.3 Å². The molecule has 0 aromatic carbocycles. The summed E-state index contributed by atoms with van der Waals surface area (Å²) in [5.41, 5.74) is 0. The van der Waals surface area contributed by atoms with Gasteiger partial charge in [0.05, 0.1) is 0 Å². The van der Waals surface area contributed by atoms with E-state index in [1.807, 2.05) is 6.92 Å². The van der Waals surface area contributed by atoms with E-state index in [0.717, 1.165) is 0 Å². The van der Waals surface area contributed by atoms with Crippen molar-refractivity contribution >= 4 is 5.95 Å². The van der Waals surface area contributed by atoms with Crippen LogP contribution in [0.5, 0.6) is 0 Å². The normalized spacial score (nSPS) is 11.4. The summed E-state index contributed by atoms with van der Waals surface area (Å²) in [5.74, 6) is -0.570. The number of aliphatic hydroxyl groups is 1.